The van der Waals surface area contributed by atoms with E-state index in [1.807, 2.05) is 24.3 Å². The standard InChI is InChI=1S/C19H16ClFN2O2S/c1-23(10-14-15(20)4-3-5-16(14)21)19(24)17-11-26-18(22-17)12-6-8-13(25-2)9-7-12/h3-9,11H,10H2,1-2H3. The summed E-state index contributed by atoms with van der Waals surface area (Å²) in [4.78, 5) is 18.4. The molecule has 0 bridgehead atoms. The first-order valence-electron chi connectivity index (χ1n) is 7.78. The van der Waals surface area contributed by atoms with E-state index in [-0.39, 0.29) is 18.0 Å². The highest BCUT2D eigenvalue weighted by Crippen LogP contribution is 2.27. The number of benzene rings is 2. The molecule has 134 valence electrons. The van der Waals surface area contributed by atoms with Gasteiger partial charge in [-0.3, -0.25) is 4.79 Å². The molecule has 1 heterocycles. The van der Waals surface area contributed by atoms with Crippen molar-refractivity contribution in [3.05, 3.63) is 69.9 Å². The van der Waals surface area contributed by atoms with E-state index in [1.54, 1.807) is 25.6 Å². The number of amides is 1. The van der Waals surface area contributed by atoms with Crippen molar-refractivity contribution in [2.75, 3.05) is 14.2 Å². The molecule has 1 aromatic heterocycles. The predicted molar refractivity (Wildman–Crippen MR) is 101 cm³/mol. The minimum absolute atomic E-state index is 0.0692. The van der Waals surface area contributed by atoms with Crippen molar-refractivity contribution >= 4 is 28.8 Å². The van der Waals surface area contributed by atoms with Gasteiger partial charge in [0.05, 0.1) is 13.7 Å². The van der Waals surface area contributed by atoms with Crippen LogP contribution in [0, 0.1) is 5.82 Å². The van der Waals surface area contributed by atoms with Crippen molar-refractivity contribution in [3.63, 3.8) is 0 Å². The minimum Gasteiger partial charge on any atom is -0.497 e. The second-order valence-corrected chi connectivity index (χ2v) is 6.89. The van der Waals surface area contributed by atoms with Crippen LogP contribution < -0.4 is 4.74 Å². The van der Waals surface area contributed by atoms with Gasteiger partial charge in [0.2, 0.25) is 0 Å². The molecule has 0 N–H and O–H groups in total. The van der Waals surface area contributed by atoms with E-state index in [2.05, 4.69) is 4.98 Å². The molecule has 26 heavy (non-hydrogen) atoms. The fourth-order valence-corrected chi connectivity index (χ4v) is 3.45. The third-order valence-corrected chi connectivity index (χ3v) is 5.11. The van der Waals surface area contributed by atoms with Gasteiger partial charge in [-0.15, -0.1) is 11.3 Å². The van der Waals surface area contributed by atoms with E-state index in [0.29, 0.717) is 10.7 Å². The van der Waals surface area contributed by atoms with Crippen molar-refractivity contribution in [2.24, 2.45) is 0 Å². The van der Waals surface area contributed by atoms with Gasteiger partial charge in [-0.25, -0.2) is 9.37 Å². The lowest BCUT2D eigenvalue weighted by Gasteiger charge is -2.17. The van der Waals surface area contributed by atoms with Crippen LogP contribution in [0.15, 0.2) is 47.8 Å². The summed E-state index contributed by atoms with van der Waals surface area (Å²) >= 11 is 7.41. The van der Waals surface area contributed by atoms with Crippen LogP contribution in [0.25, 0.3) is 10.6 Å². The molecule has 0 radical (unpaired) electrons. The number of carbonyl (C=O) groups excluding carboxylic acids is 1. The Bertz CT molecular complexity index is 907. The average Bonchev–Trinajstić information content (AvgIpc) is 3.14. The van der Waals surface area contributed by atoms with Crippen molar-refractivity contribution in [1.29, 1.82) is 0 Å². The summed E-state index contributed by atoms with van der Waals surface area (Å²) in [6, 6.07) is 11.9. The van der Waals surface area contributed by atoms with Gasteiger partial charge in [-0.1, -0.05) is 17.7 Å². The van der Waals surface area contributed by atoms with Crippen LogP contribution >= 0.6 is 22.9 Å². The molecule has 3 aromatic rings. The molecule has 0 aliphatic heterocycles. The fraction of sp³-hybridized carbons (Fsp3) is 0.158. The highest BCUT2D eigenvalue weighted by atomic mass is 35.5. The molecular formula is C19H16ClFN2O2S. The maximum atomic E-state index is 13.9. The molecule has 0 atom stereocenters. The SMILES string of the molecule is COc1ccc(-c2nc(C(=O)N(C)Cc3c(F)cccc3Cl)cs2)cc1. The van der Waals surface area contributed by atoms with E-state index >= 15 is 0 Å². The smallest absolute Gasteiger partial charge is 0.273 e. The number of thiazole rings is 1. The van der Waals surface area contributed by atoms with Gasteiger partial charge in [0.15, 0.2) is 0 Å². The van der Waals surface area contributed by atoms with Crippen molar-refractivity contribution in [3.8, 4) is 16.3 Å². The number of hydrogen-bond donors (Lipinski definition) is 0. The number of methoxy groups -OCH3 is 1. The lowest BCUT2D eigenvalue weighted by atomic mass is 10.2. The lowest BCUT2D eigenvalue weighted by molar-refractivity contribution is 0.0779. The number of aromatic nitrogens is 1. The largest absolute Gasteiger partial charge is 0.497 e. The maximum absolute atomic E-state index is 13.9. The quantitative estimate of drug-likeness (QED) is 0.623. The Morgan fingerprint density at radius 3 is 2.65 bits per heavy atom. The maximum Gasteiger partial charge on any atom is 0.273 e. The monoisotopic (exact) mass is 390 g/mol. The molecule has 0 aliphatic carbocycles. The number of nitrogens with zero attached hydrogens (tertiary/aromatic N) is 2. The third kappa shape index (κ3) is 3.86. The number of rotatable bonds is 5. The minimum atomic E-state index is -0.436. The van der Waals surface area contributed by atoms with Gasteiger partial charge < -0.3 is 9.64 Å². The Morgan fingerprint density at radius 1 is 1.27 bits per heavy atom. The van der Waals surface area contributed by atoms with Gasteiger partial charge in [0, 0.05) is 28.6 Å². The number of ether oxygens (including phenoxy) is 1. The second-order valence-electron chi connectivity index (χ2n) is 5.63. The first-order chi connectivity index (χ1) is 12.5. The summed E-state index contributed by atoms with van der Waals surface area (Å²) in [6.45, 7) is 0.0692. The van der Waals surface area contributed by atoms with Crippen LogP contribution in [-0.2, 0) is 6.54 Å². The van der Waals surface area contributed by atoms with Crippen LogP contribution in [0.5, 0.6) is 5.75 Å². The molecule has 3 rings (SSSR count). The molecular weight excluding hydrogens is 375 g/mol. The second kappa shape index (κ2) is 7.85. The third-order valence-electron chi connectivity index (χ3n) is 3.86. The Hall–Kier alpha value is -2.44. The average molecular weight is 391 g/mol. The van der Waals surface area contributed by atoms with Gasteiger partial charge in [0.1, 0.15) is 22.3 Å². The first kappa shape index (κ1) is 18.4. The molecule has 0 fully saturated rings. The summed E-state index contributed by atoms with van der Waals surface area (Å²) in [7, 11) is 3.20. The highest BCUT2D eigenvalue weighted by molar-refractivity contribution is 7.13. The van der Waals surface area contributed by atoms with Gasteiger partial charge in [-0.05, 0) is 36.4 Å². The van der Waals surface area contributed by atoms with Gasteiger partial charge in [-0.2, -0.15) is 0 Å². The molecule has 4 nitrogen and oxygen atoms in total. The Labute approximate surface area is 159 Å². The summed E-state index contributed by atoms with van der Waals surface area (Å²) < 4.78 is 19.1. The van der Waals surface area contributed by atoms with Gasteiger partial charge in [0.25, 0.3) is 5.91 Å². The summed E-state index contributed by atoms with van der Waals surface area (Å²) in [6.07, 6.45) is 0. The highest BCUT2D eigenvalue weighted by Gasteiger charge is 2.19. The van der Waals surface area contributed by atoms with Gasteiger partial charge >= 0.3 is 0 Å². The summed E-state index contributed by atoms with van der Waals surface area (Å²) in [5.74, 6) is 0.0257. The fourth-order valence-electron chi connectivity index (χ4n) is 2.43. The lowest BCUT2D eigenvalue weighted by Crippen LogP contribution is -2.27. The molecule has 7 heteroatoms. The molecule has 0 aliphatic rings. The summed E-state index contributed by atoms with van der Waals surface area (Å²) in [5, 5.41) is 2.72. The normalized spacial score (nSPS) is 10.6. The zero-order valence-corrected chi connectivity index (χ0v) is 15.8. The van der Waals surface area contributed by atoms with Crippen LogP contribution in [-0.4, -0.2) is 29.9 Å². The van der Waals surface area contributed by atoms with Crippen LogP contribution in [0.4, 0.5) is 4.39 Å². The molecule has 1 amide bonds. The number of hydrogen-bond acceptors (Lipinski definition) is 4. The number of carbonyl (C=O) groups is 1. The van der Waals surface area contributed by atoms with Crippen LogP contribution in [0.2, 0.25) is 5.02 Å². The van der Waals surface area contributed by atoms with Crippen LogP contribution in [0.1, 0.15) is 16.1 Å². The molecule has 0 saturated carbocycles. The Kier molecular flexibility index (Phi) is 5.54. The van der Waals surface area contributed by atoms with E-state index < -0.39 is 5.82 Å². The predicted octanol–water partition coefficient (Wildman–Crippen LogP) is 4.88. The zero-order chi connectivity index (χ0) is 18.7. The molecule has 2 aromatic carbocycles. The van der Waals surface area contributed by atoms with Crippen LogP contribution in [0.3, 0.4) is 0 Å². The number of halogens is 2. The van der Waals surface area contributed by atoms with Crippen molar-refractivity contribution in [1.82, 2.24) is 9.88 Å². The molecule has 0 unspecified atom stereocenters. The van der Waals surface area contributed by atoms with E-state index in [4.69, 9.17) is 16.3 Å². The summed E-state index contributed by atoms with van der Waals surface area (Å²) in [5.41, 5.74) is 1.50. The first-order valence-corrected chi connectivity index (χ1v) is 9.03. The topological polar surface area (TPSA) is 42.4 Å². The molecule has 0 spiro atoms. The Balaban J connectivity index is 1.76. The van der Waals surface area contributed by atoms with E-state index in [0.717, 1.165) is 16.3 Å². The zero-order valence-electron chi connectivity index (χ0n) is 14.2. The van der Waals surface area contributed by atoms with Crippen molar-refractivity contribution in [2.45, 2.75) is 6.54 Å². The Morgan fingerprint density at radius 2 is 2.00 bits per heavy atom. The molecule has 0 saturated heterocycles. The van der Waals surface area contributed by atoms with E-state index in [9.17, 15) is 9.18 Å². The van der Waals surface area contributed by atoms with E-state index in [1.165, 1.54) is 28.4 Å². The van der Waals surface area contributed by atoms with Crippen molar-refractivity contribution < 1.29 is 13.9 Å².